The van der Waals surface area contributed by atoms with Crippen molar-refractivity contribution in [2.75, 3.05) is 20.8 Å². The molecule has 3 aromatic rings. The van der Waals surface area contributed by atoms with Gasteiger partial charge in [-0.3, -0.25) is 4.79 Å². The van der Waals surface area contributed by atoms with Crippen molar-refractivity contribution in [2.45, 2.75) is 13.0 Å². The van der Waals surface area contributed by atoms with Crippen molar-refractivity contribution in [1.82, 2.24) is 0 Å². The molecule has 0 saturated carbocycles. The standard InChI is InChI=1S/C26H26N2O6/c1-31-27-24(16-26(29)30)21-10-14-23(15-11-21)33-17-19-8-12-22(13-9-19)34-18-25(28-32-2)20-6-4-3-5-7-20/h3-15H,16-18H2,1-2H3,(H,29,30)/b27-24+,28-25+. The van der Waals surface area contributed by atoms with Gasteiger partial charge in [0.15, 0.2) is 0 Å². The van der Waals surface area contributed by atoms with Crippen LogP contribution >= 0.6 is 0 Å². The second-order valence-electron chi connectivity index (χ2n) is 7.12. The summed E-state index contributed by atoms with van der Waals surface area (Å²) in [6.07, 6.45) is -0.230. The van der Waals surface area contributed by atoms with Crippen LogP contribution in [-0.2, 0) is 21.1 Å². The Balaban J connectivity index is 1.54. The third kappa shape index (κ3) is 7.37. The van der Waals surface area contributed by atoms with Crippen LogP contribution in [0.4, 0.5) is 0 Å². The fraction of sp³-hybridized carbons (Fsp3) is 0.192. The number of ether oxygens (including phenoxy) is 2. The fourth-order valence-electron chi connectivity index (χ4n) is 3.09. The van der Waals surface area contributed by atoms with Gasteiger partial charge in [0.05, 0.1) is 12.1 Å². The maximum atomic E-state index is 11.0. The van der Waals surface area contributed by atoms with Crippen molar-refractivity contribution in [3.05, 3.63) is 95.6 Å². The Kier molecular flexibility index (Phi) is 9.04. The summed E-state index contributed by atoms with van der Waals surface area (Å²) in [5, 5.41) is 16.9. The maximum absolute atomic E-state index is 11.0. The Morgan fingerprint density at radius 1 is 0.735 bits per heavy atom. The number of carbonyl (C=O) groups is 1. The van der Waals surface area contributed by atoms with Crippen LogP contribution in [0.25, 0.3) is 0 Å². The Bertz CT molecular complexity index is 1110. The summed E-state index contributed by atoms with van der Waals surface area (Å²) in [5.74, 6) is 0.376. The van der Waals surface area contributed by atoms with E-state index in [1.165, 1.54) is 14.2 Å². The predicted molar refractivity (Wildman–Crippen MR) is 128 cm³/mol. The van der Waals surface area contributed by atoms with Gasteiger partial charge in [0.1, 0.15) is 44.6 Å². The van der Waals surface area contributed by atoms with Crippen molar-refractivity contribution in [1.29, 1.82) is 0 Å². The molecule has 176 valence electrons. The molecule has 0 bridgehead atoms. The Hall–Kier alpha value is -4.33. The SMILES string of the molecule is CO/N=C(\COc1ccc(COc2ccc(/C(CC(=O)O)=N/OC)cc2)cc1)c1ccccc1. The van der Waals surface area contributed by atoms with Gasteiger partial charge in [-0.05, 0) is 42.0 Å². The van der Waals surface area contributed by atoms with Crippen LogP contribution in [0.15, 0.2) is 89.2 Å². The number of carboxylic acids is 1. The van der Waals surface area contributed by atoms with Crippen molar-refractivity contribution < 1.29 is 29.0 Å². The topological polar surface area (TPSA) is 98.9 Å². The molecule has 0 heterocycles. The molecular formula is C26H26N2O6. The Morgan fingerprint density at radius 2 is 1.29 bits per heavy atom. The van der Waals surface area contributed by atoms with Gasteiger partial charge in [0, 0.05) is 11.1 Å². The van der Waals surface area contributed by atoms with E-state index in [9.17, 15) is 4.79 Å². The zero-order valence-electron chi connectivity index (χ0n) is 19.0. The number of hydrogen-bond donors (Lipinski definition) is 1. The van der Waals surface area contributed by atoms with E-state index in [4.69, 9.17) is 24.3 Å². The van der Waals surface area contributed by atoms with E-state index in [1.807, 2.05) is 54.6 Å². The van der Waals surface area contributed by atoms with Gasteiger partial charge in [-0.15, -0.1) is 0 Å². The number of oxime groups is 2. The van der Waals surface area contributed by atoms with E-state index in [0.717, 1.165) is 11.1 Å². The molecule has 3 rings (SSSR count). The number of rotatable bonds is 12. The van der Waals surface area contributed by atoms with E-state index >= 15 is 0 Å². The molecule has 3 aromatic carbocycles. The third-order valence-electron chi connectivity index (χ3n) is 4.72. The molecule has 0 fully saturated rings. The zero-order chi connectivity index (χ0) is 24.2. The first-order valence-electron chi connectivity index (χ1n) is 10.5. The molecule has 8 nitrogen and oxygen atoms in total. The number of carboxylic acid groups (broad SMARTS) is 1. The summed E-state index contributed by atoms with van der Waals surface area (Å²) >= 11 is 0. The normalized spacial score (nSPS) is 11.6. The van der Waals surface area contributed by atoms with Crippen LogP contribution in [0.2, 0.25) is 0 Å². The molecule has 0 saturated heterocycles. The summed E-state index contributed by atoms with van der Waals surface area (Å²) in [6, 6.07) is 24.3. The third-order valence-corrected chi connectivity index (χ3v) is 4.72. The lowest BCUT2D eigenvalue weighted by molar-refractivity contribution is -0.135. The quantitative estimate of drug-likeness (QED) is 0.314. The number of nitrogens with zero attached hydrogens (tertiary/aromatic N) is 2. The van der Waals surface area contributed by atoms with Gasteiger partial charge in [-0.1, -0.05) is 52.8 Å². The molecule has 0 unspecified atom stereocenters. The molecule has 34 heavy (non-hydrogen) atoms. The summed E-state index contributed by atoms with van der Waals surface area (Å²) in [6.45, 7) is 0.643. The summed E-state index contributed by atoms with van der Waals surface area (Å²) in [7, 11) is 2.89. The van der Waals surface area contributed by atoms with Crippen LogP contribution in [-0.4, -0.2) is 43.3 Å². The van der Waals surface area contributed by atoms with Gasteiger partial charge >= 0.3 is 5.97 Å². The molecule has 0 aromatic heterocycles. The molecule has 0 aliphatic rings. The second-order valence-corrected chi connectivity index (χ2v) is 7.12. The second kappa shape index (κ2) is 12.6. The average Bonchev–Trinajstić information content (AvgIpc) is 2.86. The first kappa shape index (κ1) is 24.3. The summed E-state index contributed by atoms with van der Waals surface area (Å²) in [5.41, 5.74) is 3.59. The number of aliphatic carboxylic acids is 1. The van der Waals surface area contributed by atoms with Crippen LogP contribution in [0.5, 0.6) is 11.5 Å². The molecule has 0 aliphatic carbocycles. The highest BCUT2D eigenvalue weighted by atomic mass is 16.6. The van der Waals surface area contributed by atoms with Crippen LogP contribution in [0, 0.1) is 0 Å². The van der Waals surface area contributed by atoms with E-state index in [0.29, 0.717) is 35.1 Å². The summed E-state index contributed by atoms with van der Waals surface area (Å²) < 4.78 is 11.7. The lowest BCUT2D eigenvalue weighted by Crippen LogP contribution is -2.13. The summed E-state index contributed by atoms with van der Waals surface area (Å²) in [4.78, 5) is 20.7. The molecule has 0 atom stereocenters. The fourth-order valence-corrected chi connectivity index (χ4v) is 3.09. The van der Waals surface area contributed by atoms with E-state index < -0.39 is 5.97 Å². The molecule has 0 spiro atoms. The van der Waals surface area contributed by atoms with Gasteiger partial charge in [0.2, 0.25) is 0 Å². The maximum Gasteiger partial charge on any atom is 0.309 e. The smallest absolute Gasteiger partial charge is 0.309 e. The average molecular weight is 463 g/mol. The highest BCUT2D eigenvalue weighted by Gasteiger charge is 2.10. The monoisotopic (exact) mass is 462 g/mol. The minimum absolute atomic E-state index is 0.230. The number of benzene rings is 3. The molecule has 0 aliphatic heterocycles. The lowest BCUT2D eigenvalue weighted by Gasteiger charge is -2.10. The zero-order valence-corrected chi connectivity index (χ0v) is 19.0. The molecule has 0 radical (unpaired) electrons. The van der Waals surface area contributed by atoms with Crippen LogP contribution in [0.1, 0.15) is 23.1 Å². The van der Waals surface area contributed by atoms with Gasteiger partial charge < -0.3 is 24.3 Å². The molecular weight excluding hydrogens is 436 g/mol. The van der Waals surface area contributed by atoms with Gasteiger partial charge in [0.25, 0.3) is 0 Å². The van der Waals surface area contributed by atoms with Crippen molar-refractivity contribution in [2.24, 2.45) is 10.3 Å². The van der Waals surface area contributed by atoms with Crippen molar-refractivity contribution >= 4 is 17.4 Å². The predicted octanol–water partition coefficient (Wildman–Crippen LogP) is 4.52. The Labute approximate surface area is 198 Å². The minimum atomic E-state index is -0.981. The van der Waals surface area contributed by atoms with Crippen molar-refractivity contribution in [3.63, 3.8) is 0 Å². The first-order valence-corrected chi connectivity index (χ1v) is 10.5. The number of hydrogen-bond acceptors (Lipinski definition) is 7. The Morgan fingerprint density at radius 3 is 1.91 bits per heavy atom. The molecule has 1 N–H and O–H groups in total. The molecule has 8 heteroatoms. The van der Waals surface area contributed by atoms with Crippen LogP contribution < -0.4 is 9.47 Å². The van der Waals surface area contributed by atoms with Gasteiger partial charge in [-0.2, -0.15) is 0 Å². The first-order chi connectivity index (χ1) is 16.6. The van der Waals surface area contributed by atoms with E-state index in [1.54, 1.807) is 24.3 Å². The highest BCUT2D eigenvalue weighted by molar-refractivity contribution is 6.08. The highest BCUT2D eigenvalue weighted by Crippen LogP contribution is 2.18. The largest absolute Gasteiger partial charge is 0.489 e. The van der Waals surface area contributed by atoms with Gasteiger partial charge in [-0.25, -0.2) is 0 Å². The van der Waals surface area contributed by atoms with E-state index in [2.05, 4.69) is 10.3 Å². The van der Waals surface area contributed by atoms with Crippen LogP contribution in [0.3, 0.4) is 0 Å². The minimum Gasteiger partial charge on any atom is -0.489 e. The van der Waals surface area contributed by atoms with Crippen molar-refractivity contribution in [3.8, 4) is 11.5 Å². The molecule has 0 amide bonds. The van der Waals surface area contributed by atoms with E-state index in [-0.39, 0.29) is 13.0 Å². The lowest BCUT2D eigenvalue weighted by atomic mass is 10.1.